The van der Waals surface area contributed by atoms with Gasteiger partial charge in [0.15, 0.2) is 0 Å². The van der Waals surface area contributed by atoms with Crippen molar-refractivity contribution in [3.05, 3.63) is 28.8 Å². The summed E-state index contributed by atoms with van der Waals surface area (Å²) in [6, 6.07) is 6.17. The van der Waals surface area contributed by atoms with E-state index in [-0.39, 0.29) is 11.8 Å². The second-order valence-corrected chi connectivity index (χ2v) is 6.83. The average Bonchev–Trinajstić information content (AvgIpc) is 3.02. The summed E-state index contributed by atoms with van der Waals surface area (Å²) in [6.45, 7) is 4.21. The normalized spacial score (nSPS) is 26.2. The van der Waals surface area contributed by atoms with Crippen LogP contribution >= 0.6 is 11.3 Å². The molecule has 0 spiro atoms. The third-order valence-corrected chi connectivity index (χ3v) is 5.66. The Morgan fingerprint density at radius 3 is 2.90 bits per heavy atom. The third-order valence-electron chi connectivity index (χ3n) is 4.51. The average molecular weight is 289 g/mol. The van der Waals surface area contributed by atoms with Gasteiger partial charge in [-0.05, 0) is 37.3 Å². The van der Waals surface area contributed by atoms with Gasteiger partial charge in [0.1, 0.15) is 0 Å². The number of hydrogen-bond donors (Lipinski definition) is 1. The van der Waals surface area contributed by atoms with Crippen LogP contribution in [0.25, 0.3) is 10.2 Å². The number of thiazole rings is 1. The lowest BCUT2D eigenvalue weighted by atomic mass is 9.97. The number of aliphatic carboxylic acids is 1. The van der Waals surface area contributed by atoms with Crippen molar-refractivity contribution in [1.29, 1.82) is 0 Å². The number of hydrogen-bond acceptors (Lipinski definition) is 3. The topological polar surface area (TPSA) is 50.2 Å². The van der Waals surface area contributed by atoms with Crippen LogP contribution in [0.2, 0.25) is 0 Å². The molecule has 1 fully saturated rings. The Hall–Kier alpha value is -1.42. The summed E-state index contributed by atoms with van der Waals surface area (Å²) < 4.78 is 1.17. The molecule has 2 aromatic rings. The summed E-state index contributed by atoms with van der Waals surface area (Å²) >= 11 is 1.67. The smallest absolute Gasteiger partial charge is 0.307 e. The first-order chi connectivity index (χ1) is 9.60. The molecular weight excluding hydrogens is 270 g/mol. The van der Waals surface area contributed by atoms with E-state index in [1.165, 1.54) is 10.3 Å². The lowest BCUT2D eigenvalue weighted by molar-refractivity contribution is -0.142. The fourth-order valence-corrected chi connectivity index (χ4v) is 4.51. The minimum Gasteiger partial charge on any atom is -0.481 e. The van der Waals surface area contributed by atoms with Crippen LogP contribution in [0.5, 0.6) is 0 Å². The van der Waals surface area contributed by atoms with E-state index in [1.807, 2.05) is 6.07 Å². The molecule has 20 heavy (non-hydrogen) atoms. The molecule has 3 rings (SSSR count). The zero-order chi connectivity index (χ0) is 14.3. The maximum atomic E-state index is 11.5. The summed E-state index contributed by atoms with van der Waals surface area (Å²) in [6.07, 6.45) is 2.82. The molecule has 1 aromatic heterocycles. The van der Waals surface area contributed by atoms with Gasteiger partial charge in [-0.2, -0.15) is 0 Å². The highest BCUT2D eigenvalue weighted by Crippen LogP contribution is 2.46. The van der Waals surface area contributed by atoms with Crippen molar-refractivity contribution in [2.75, 3.05) is 0 Å². The summed E-state index contributed by atoms with van der Waals surface area (Å²) in [7, 11) is 0. The van der Waals surface area contributed by atoms with Gasteiger partial charge in [0.2, 0.25) is 0 Å². The van der Waals surface area contributed by atoms with Crippen molar-refractivity contribution in [3.8, 4) is 0 Å². The van der Waals surface area contributed by atoms with Gasteiger partial charge in [0.25, 0.3) is 0 Å². The first-order valence-corrected chi connectivity index (χ1v) is 8.00. The van der Waals surface area contributed by atoms with Gasteiger partial charge in [0, 0.05) is 5.92 Å². The molecule has 3 unspecified atom stereocenters. The lowest BCUT2D eigenvalue weighted by Gasteiger charge is -2.11. The Kier molecular flexibility index (Phi) is 3.50. The number of carbonyl (C=O) groups is 1. The van der Waals surface area contributed by atoms with Crippen LogP contribution in [0.1, 0.15) is 42.7 Å². The second-order valence-electron chi connectivity index (χ2n) is 5.77. The summed E-state index contributed by atoms with van der Waals surface area (Å²) in [4.78, 5) is 16.3. The maximum absolute atomic E-state index is 11.5. The van der Waals surface area contributed by atoms with Crippen LogP contribution < -0.4 is 0 Å². The molecule has 0 amide bonds. The lowest BCUT2D eigenvalue weighted by Crippen LogP contribution is -2.16. The molecule has 0 radical (unpaired) electrons. The first-order valence-electron chi connectivity index (χ1n) is 7.19. The van der Waals surface area contributed by atoms with Crippen molar-refractivity contribution < 1.29 is 9.90 Å². The summed E-state index contributed by atoms with van der Waals surface area (Å²) in [5.74, 6) is -0.314. The van der Waals surface area contributed by atoms with E-state index in [0.717, 1.165) is 29.8 Å². The van der Waals surface area contributed by atoms with E-state index in [1.54, 1.807) is 11.3 Å². The van der Waals surface area contributed by atoms with Crippen LogP contribution in [0, 0.1) is 18.8 Å². The highest BCUT2D eigenvalue weighted by atomic mass is 32.1. The third kappa shape index (κ3) is 2.22. The SMILES string of the molecule is CCC1CC(C(=O)O)C(c2nc3c(C)cccc3s2)C1. The van der Waals surface area contributed by atoms with E-state index in [4.69, 9.17) is 4.98 Å². The van der Waals surface area contributed by atoms with Crippen LogP contribution in [-0.2, 0) is 4.79 Å². The Balaban J connectivity index is 2.00. The molecule has 1 heterocycles. The van der Waals surface area contributed by atoms with E-state index in [0.29, 0.717) is 5.92 Å². The molecule has 1 saturated carbocycles. The predicted octanol–water partition coefficient (Wildman–Crippen LogP) is 4.21. The zero-order valence-electron chi connectivity index (χ0n) is 11.8. The Morgan fingerprint density at radius 1 is 1.45 bits per heavy atom. The number of nitrogens with zero attached hydrogens (tertiary/aromatic N) is 1. The molecule has 1 N–H and O–H groups in total. The van der Waals surface area contributed by atoms with Crippen LogP contribution in [0.3, 0.4) is 0 Å². The predicted molar refractivity (Wildman–Crippen MR) is 81.2 cm³/mol. The Labute approximate surface area is 122 Å². The molecule has 0 bridgehead atoms. The van der Waals surface area contributed by atoms with Crippen molar-refractivity contribution in [1.82, 2.24) is 4.98 Å². The number of aryl methyl sites for hydroxylation is 1. The van der Waals surface area contributed by atoms with Crippen LogP contribution in [0.15, 0.2) is 18.2 Å². The molecule has 3 atom stereocenters. The summed E-state index contributed by atoms with van der Waals surface area (Å²) in [5.41, 5.74) is 2.21. The number of rotatable bonds is 3. The largest absolute Gasteiger partial charge is 0.481 e. The van der Waals surface area contributed by atoms with Gasteiger partial charge >= 0.3 is 5.97 Å². The molecule has 3 nitrogen and oxygen atoms in total. The fourth-order valence-electron chi connectivity index (χ4n) is 3.28. The number of carboxylic acid groups (broad SMARTS) is 1. The van der Waals surface area contributed by atoms with Crippen molar-refractivity contribution in [2.24, 2.45) is 11.8 Å². The highest BCUT2D eigenvalue weighted by Gasteiger charge is 2.40. The number of benzene rings is 1. The van der Waals surface area contributed by atoms with E-state index >= 15 is 0 Å². The van der Waals surface area contributed by atoms with Crippen LogP contribution in [-0.4, -0.2) is 16.1 Å². The fraction of sp³-hybridized carbons (Fsp3) is 0.500. The van der Waals surface area contributed by atoms with Gasteiger partial charge in [-0.3, -0.25) is 4.79 Å². The van der Waals surface area contributed by atoms with Gasteiger partial charge < -0.3 is 5.11 Å². The second kappa shape index (κ2) is 5.17. The van der Waals surface area contributed by atoms with Crippen molar-refractivity contribution in [2.45, 2.75) is 39.0 Å². The maximum Gasteiger partial charge on any atom is 0.307 e. The monoisotopic (exact) mass is 289 g/mol. The molecule has 0 aliphatic heterocycles. The van der Waals surface area contributed by atoms with E-state index in [9.17, 15) is 9.90 Å². The molecule has 1 aliphatic carbocycles. The number of fused-ring (bicyclic) bond motifs is 1. The molecule has 1 aliphatic rings. The molecule has 4 heteroatoms. The number of carboxylic acids is 1. The molecule has 106 valence electrons. The van der Waals surface area contributed by atoms with E-state index < -0.39 is 5.97 Å². The standard InChI is InChI=1S/C16H19NO2S/c1-3-10-7-11(12(8-10)16(18)19)15-17-14-9(2)5-4-6-13(14)20-15/h4-6,10-12H,3,7-8H2,1-2H3,(H,18,19). The Bertz CT molecular complexity index is 649. The quantitative estimate of drug-likeness (QED) is 0.920. The minimum absolute atomic E-state index is 0.0919. The molecular formula is C16H19NO2S. The first kappa shape index (κ1) is 13.6. The zero-order valence-corrected chi connectivity index (χ0v) is 12.6. The Morgan fingerprint density at radius 2 is 2.25 bits per heavy atom. The number of para-hydroxylation sites is 1. The molecule has 0 saturated heterocycles. The minimum atomic E-state index is -0.665. The van der Waals surface area contributed by atoms with Crippen molar-refractivity contribution in [3.63, 3.8) is 0 Å². The highest BCUT2D eigenvalue weighted by molar-refractivity contribution is 7.18. The molecule has 1 aromatic carbocycles. The van der Waals surface area contributed by atoms with Gasteiger partial charge in [-0.15, -0.1) is 11.3 Å². The number of aromatic nitrogens is 1. The van der Waals surface area contributed by atoms with Gasteiger partial charge in [0.05, 0.1) is 21.1 Å². The van der Waals surface area contributed by atoms with Gasteiger partial charge in [-0.25, -0.2) is 4.98 Å². The van der Waals surface area contributed by atoms with Gasteiger partial charge in [-0.1, -0.05) is 25.5 Å². The van der Waals surface area contributed by atoms with E-state index in [2.05, 4.69) is 26.0 Å². The summed E-state index contributed by atoms with van der Waals surface area (Å²) in [5, 5.41) is 10.5. The van der Waals surface area contributed by atoms with Crippen molar-refractivity contribution >= 4 is 27.5 Å². The van der Waals surface area contributed by atoms with Crippen LogP contribution in [0.4, 0.5) is 0 Å².